The normalized spacial score (nSPS) is 17.4. The number of carbonyl (C=O) groups is 2. The molecule has 1 atom stereocenters. The summed E-state index contributed by atoms with van der Waals surface area (Å²) >= 11 is 1.35. The van der Waals surface area contributed by atoms with E-state index in [1.54, 1.807) is 4.90 Å². The third-order valence-corrected chi connectivity index (χ3v) is 5.29. The molecular formula is C18H22N4O2S. The molecule has 7 heteroatoms. The highest BCUT2D eigenvalue weighted by molar-refractivity contribution is 7.18. The molecule has 1 N–H and O–H groups in total. The smallest absolute Gasteiger partial charge is 0.231 e. The molecular weight excluding hydrogens is 336 g/mol. The fourth-order valence-corrected chi connectivity index (χ4v) is 3.89. The lowest BCUT2D eigenvalue weighted by Crippen LogP contribution is -2.33. The van der Waals surface area contributed by atoms with E-state index in [2.05, 4.69) is 21.6 Å². The molecule has 1 aromatic heterocycles. The van der Waals surface area contributed by atoms with Gasteiger partial charge in [-0.1, -0.05) is 35.1 Å². The van der Waals surface area contributed by atoms with Gasteiger partial charge in [-0.05, 0) is 33.3 Å². The minimum Gasteiger partial charge on any atom is -0.339 e. The van der Waals surface area contributed by atoms with Crippen molar-refractivity contribution in [2.45, 2.75) is 40.2 Å². The zero-order valence-corrected chi connectivity index (χ0v) is 15.7. The lowest BCUT2D eigenvalue weighted by atomic mass is 10.1. The maximum Gasteiger partial charge on any atom is 0.231 e. The van der Waals surface area contributed by atoms with E-state index in [1.807, 2.05) is 39.8 Å². The highest BCUT2D eigenvalue weighted by Crippen LogP contribution is 2.30. The zero-order valence-electron chi connectivity index (χ0n) is 14.9. The van der Waals surface area contributed by atoms with Crippen LogP contribution in [0.3, 0.4) is 0 Å². The summed E-state index contributed by atoms with van der Waals surface area (Å²) in [5, 5.41) is 12.3. The van der Waals surface area contributed by atoms with Gasteiger partial charge in [0, 0.05) is 24.6 Å². The molecule has 0 saturated carbocycles. The van der Waals surface area contributed by atoms with Gasteiger partial charge in [-0.15, -0.1) is 10.2 Å². The van der Waals surface area contributed by atoms with E-state index in [4.69, 9.17) is 0 Å². The van der Waals surface area contributed by atoms with Crippen molar-refractivity contribution in [3.05, 3.63) is 29.3 Å². The number of nitrogens with zero attached hydrogens (tertiary/aromatic N) is 3. The van der Waals surface area contributed by atoms with Gasteiger partial charge in [0.1, 0.15) is 5.01 Å². The molecule has 25 heavy (non-hydrogen) atoms. The second kappa shape index (κ2) is 6.92. The van der Waals surface area contributed by atoms with Crippen LogP contribution in [0.2, 0.25) is 0 Å². The highest BCUT2D eigenvalue weighted by atomic mass is 32.1. The van der Waals surface area contributed by atoms with Crippen molar-refractivity contribution in [3.8, 4) is 10.6 Å². The van der Waals surface area contributed by atoms with Gasteiger partial charge < -0.3 is 10.2 Å². The number of rotatable bonds is 4. The van der Waals surface area contributed by atoms with Crippen molar-refractivity contribution < 1.29 is 9.59 Å². The number of carbonyl (C=O) groups excluding carboxylic acids is 2. The standard InChI is InChI=1S/C18H22N4O2S/c1-10(2)22-9-13(8-15(22)23)16(24)19-18-21-20-17(25-18)14-6-5-11(3)7-12(14)4/h5-7,10,13H,8-9H2,1-4H3,(H,19,21,24). The molecule has 0 spiro atoms. The largest absolute Gasteiger partial charge is 0.339 e. The maximum atomic E-state index is 12.4. The van der Waals surface area contributed by atoms with Crippen molar-refractivity contribution in [1.29, 1.82) is 0 Å². The Labute approximate surface area is 151 Å². The molecule has 132 valence electrons. The lowest BCUT2D eigenvalue weighted by molar-refractivity contribution is -0.129. The Hall–Kier alpha value is -2.28. The summed E-state index contributed by atoms with van der Waals surface area (Å²) < 4.78 is 0. The first-order valence-corrected chi connectivity index (χ1v) is 9.18. The van der Waals surface area contributed by atoms with Crippen LogP contribution in [0, 0.1) is 19.8 Å². The van der Waals surface area contributed by atoms with E-state index in [1.165, 1.54) is 16.9 Å². The first kappa shape index (κ1) is 17.5. The molecule has 0 bridgehead atoms. The van der Waals surface area contributed by atoms with Crippen molar-refractivity contribution in [2.24, 2.45) is 5.92 Å². The molecule has 1 fully saturated rings. The van der Waals surface area contributed by atoms with Gasteiger partial charge in [0.2, 0.25) is 16.9 Å². The zero-order chi connectivity index (χ0) is 18.1. The summed E-state index contributed by atoms with van der Waals surface area (Å²) in [6.45, 7) is 8.46. The van der Waals surface area contributed by atoms with Gasteiger partial charge >= 0.3 is 0 Å². The molecule has 3 rings (SSSR count). The molecule has 0 radical (unpaired) electrons. The number of aryl methyl sites for hydroxylation is 2. The Balaban J connectivity index is 1.69. The Morgan fingerprint density at radius 1 is 1.32 bits per heavy atom. The Bertz CT molecular complexity index is 815. The number of likely N-dealkylation sites (tertiary alicyclic amines) is 1. The first-order valence-electron chi connectivity index (χ1n) is 8.36. The second-order valence-corrected chi connectivity index (χ2v) is 7.74. The average Bonchev–Trinajstić information content (AvgIpc) is 3.14. The van der Waals surface area contributed by atoms with Gasteiger partial charge in [-0.2, -0.15) is 0 Å². The number of nitrogens with one attached hydrogen (secondary N) is 1. The number of amides is 2. The molecule has 2 aromatic rings. The Morgan fingerprint density at radius 3 is 2.72 bits per heavy atom. The van der Waals surface area contributed by atoms with Crippen molar-refractivity contribution in [3.63, 3.8) is 0 Å². The summed E-state index contributed by atoms with van der Waals surface area (Å²) in [5.74, 6) is -0.466. The maximum absolute atomic E-state index is 12.4. The summed E-state index contributed by atoms with van der Waals surface area (Å²) in [6, 6.07) is 6.27. The average molecular weight is 358 g/mol. The molecule has 1 aromatic carbocycles. The van der Waals surface area contributed by atoms with E-state index in [-0.39, 0.29) is 30.2 Å². The number of benzene rings is 1. The SMILES string of the molecule is Cc1ccc(-c2nnc(NC(=O)C3CC(=O)N(C(C)C)C3)s2)c(C)c1. The molecule has 1 aliphatic rings. The van der Waals surface area contributed by atoms with E-state index < -0.39 is 0 Å². The molecule has 6 nitrogen and oxygen atoms in total. The van der Waals surface area contributed by atoms with E-state index in [0.717, 1.165) is 16.1 Å². The minimum atomic E-state index is -0.330. The predicted molar refractivity (Wildman–Crippen MR) is 98.4 cm³/mol. The summed E-state index contributed by atoms with van der Waals surface area (Å²) in [5.41, 5.74) is 3.34. The topological polar surface area (TPSA) is 75.2 Å². The van der Waals surface area contributed by atoms with Crippen LogP contribution < -0.4 is 5.32 Å². The lowest BCUT2D eigenvalue weighted by Gasteiger charge is -2.20. The fraction of sp³-hybridized carbons (Fsp3) is 0.444. The van der Waals surface area contributed by atoms with Crippen LogP contribution in [0.25, 0.3) is 10.6 Å². The van der Waals surface area contributed by atoms with E-state index in [9.17, 15) is 9.59 Å². The minimum absolute atomic E-state index is 0.0309. The van der Waals surface area contributed by atoms with Gasteiger partial charge in [0.05, 0.1) is 5.92 Å². The van der Waals surface area contributed by atoms with Crippen LogP contribution in [0.4, 0.5) is 5.13 Å². The molecule has 1 aliphatic heterocycles. The third-order valence-electron chi connectivity index (χ3n) is 4.42. The summed E-state index contributed by atoms with van der Waals surface area (Å²) in [6.07, 6.45) is 0.257. The van der Waals surface area contributed by atoms with Crippen LogP contribution in [-0.2, 0) is 9.59 Å². The molecule has 2 amide bonds. The summed E-state index contributed by atoms with van der Waals surface area (Å²) in [4.78, 5) is 26.1. The fourth-order valence-electron chi connectivity index (χ4n) is 3.05. The predicted octanol–water partition coefficient (Wildman–Crippen LogP) is 3.02. The monoisotopic (exact) mass is 358 g/mol. The quantitative estimate of drug-likeness (QED) is 0.911. The van der Waals surface area contributed by atoms with E-state index >= 15 is 0 Å². The number of hydrogen-bond donors (Lipinski definition) is 1. The molecule has 0 aliphatic carbocycles. The van der Waals surface area contributed by atoms with Gasteiger partial charge in [0.25, 0.3) is 0 Å². The molecule has 2 heterocycles. The van der Waals surface area contributed by atoms with Crippen LogP contribution in [0.15, 0.2) is 18.2 Å². The van der Waals surface area contributed by atoms with Crippen LogP contribution in [-0.4, -0.2) is 39.5 Å². The van der Waals surface area contributed by atoms with E-state index in [0.29, 0.717) is 11.7 Å². The van der Waals surface area contributed by atoms with Crippen molar-refractivity contribution in [2.75, 3.05) is 11.9 Å². The van der Waals surface area contributed by atoms with Crippen molar-refractivity contribution in [1.82, 2.24) is 15.1 Å². The van der Waals surface area contributed by atoms with Gasteiger partial charge in [0.15, 0.2) is 0 Å². The summed E-state index contributed by atoms with van der Waals surface area (Å²) in [7, 11) is 0. The number of aromatic nitrogens is 2. The van der Waals surface area contributed by atoms with Gasteiger partial charge in [-0.3, -0.25) is 9.59 Å². The molecule has 1 unspecified atom stereocenters. The number of hydrogen-bond acceptors (Lipinski definition) is 5. The number of anilines is 1. The van der Waals surface area contributed by atoms with Gasteiger partial charge in [-0.25, -0.2) is 0 Å². The van der Waals surface area contributed by atoms with Crippen LogP contribution in [0.5, 0.6) is 0 Å². The first-order chi connectivity index (χ1) is 11.8. The molecule has 1 saturated heterocycles. The Morgan fingerprint density at radius 2 is 2.08 bits per heavy atom. The van der Waals surface area contributed by atoms with Crippen LogP contribution >= 0.6 is 11.3 Å². The third kappa shape index (κ3) is 3.71. The van der Waals surface area contributed by atoms with Crippen molar-refractivity contribution >= 4 is 28.3 Å². The van der Waals surface area contributed by atoms with Crippen LogP contribution in [0.1, 0.15) is 31.4 Å². The highest BCUT2D eigenvalue weighted by Gasteiger charge is 2.35. The Kier molecular flexibility index (Phi) is 4.85. The second-order valence-electron chi connectivity index (χ2n) is 6.76.